The van der Waals surface area contributed by atoms with Gasteiger partial charge in [0.05, 0.1) is 6.04 Å². The van der Waals surface area contributed by atoms with Crippen molar-refractivity contribution < 1.29 is 4.79 Å². The van der Waals surface area contributed by atoms with Crippen molar-refractivity contribution in [3.8, 4) is 0 Å². The van der Waals surface area contributed by atoms with Crippen molar-refractivity contribution in [1.29, 1.82) is 0 Å². The average Bonchev–Trinajstić information content (AvgIpc) is 2.76. The van der Waals surface area contributed by atoms with Crippen LogP contribution in [0.15, 0.2) is 18.3 Å². The Hall–Kier alpha value is -1.29. The quantitative estimate of drug-likeness (QED) is 0.820. The number of anilines is 1. The number of amides is 1. The van der Waals surface area contributed by atoms with E-state index in [1.54, 1.807) is 0 Å². The fourth-order valence-electron chi connectivity index (χ4n) is 2.39. The van der Waals surface area contributed by atoms with Crippen molar-refractivity contribution >= 4 is 11.7 Å². The smallest absolute Gasteiger partial charge is 0.245 e. The zero-order valence-corrected chi connectivity index (χ0v) is 10.8. The Morgan fingerprint density at radius 2 is 2.29 bits per heavy atom. The first kappa shape index (κ1) is 12.2. The summed E-state index contributed by atoms with van der Waals surface area (Å²) in [6.07, 6.45) is 3.82. The minimum Gasteiger partial charge on any atom is -0.348 e. The first-order chi connectivity index (χ1) is 8.03. The molecule has 2 rings (SSSR count). The van der Waals surface area contributed by atoms with E-state index in [1.807, 2.05) is 30.3 Å². The van der Waals surface area contributed by atoms with Crippen molar-refractivity contribution in [2.24, 2.45) is 5.41 Å². The van der Waals surface area contributed by atoms with Crippen LogP contribution in [-0.4, -0.2) is 30.5 Å². The molecule has 1 unspecified atom stereocenters. The molecule has 0 aromatic carbocycles. The van der Waals surface area contributed by atoms with E-state index < -0.39 is 0 Å². The van der Waals surface area contributed by atoms with Crippen LogP contribution in [0.3, 0.4) is 0 Å². The van der Waals surface area contributed by atoms with Crippen molar-refractivity contribution in [2.75, 3.05) is 18.5 Å². The summed E-state index contributed by atoms with van der Waals surface area (Å²) >= 11 is 0. The zero-order valence-electron chi connectivity index (χ0n) is 10.8. The van der Waals surface area contributed by atoms with Gasteiger partial charge >= 0.3 is 0 Å². The number of hydrogen-bond donors (Lipinski definition) is 2. The summed E-state index contributed by atoms with van der Waals surface area (Å²) in [6, 6.07) is 3.81. The Balaban J connectivity index is 2.29. The molecule has 0 bridgehead atoms. The molecular weight excluding hydrogens is 214 g/mol. The van der Waals surface area contributed by atoms with Gasteiger partial charge in [-0.1, -0.05) is 13.8 Å². The van der Waals surface area contributed by atoms with Crippen LogP contribution in [0.4, 0.5) is 5.82 Å². The van der Waals surface area contributed by atoms with E-state index in [0.717, 1.165) is 25.2 Å². The molecule has 4 heteroatoms. The van der Waals surface area contributed by atoms with Gasteiger partial charge in [0.25, 0.3) is 0 Å². The molecular formula is C13H21N3O. The van der Waals surface area contributed by atoms with Gasteiger partial charge in [0, 0.05) is 12.7 Å². The number of carbonyl (C=O) groups excluding carboxylic acids is 1. The van der Waals surface area contributed by atoms with Gasteiger partial charge in [-0.25, -0.2) is 0 Å². The minimum atomic E-state index is -0.0694. The fourth-order valence-corrected chi connectivity index (χ4v) is 2.39. The van der Waals surface area contributed by atoms with E-state index in [9.17, 15) is 4.79 Å². The molecule has 1 amide bonds. The lowest BCUT2D eigenvalue weighted by Gasteiger charge is -2.29. The Kier molecular flexibility index (Phi) is 3.24. The van der Waals surface area contributed by atoms with Gasteiger partial charge in [-0.3, -0.25) is 9.69 Å². The summed E-state index contributed by atoms with van der Waals surface area (Å²) in [6.45, 7) is 5.20. The summed E-state index contributed by atoms with van der Waals surface area (Å²) < 4.78 is 0. The van der Waals surface area contributed by atoms with Crippen LogP contribution in [0.25, 0.3) is 0 Å². The first-order valence-electron chi connectivity index (χ1n) is 6.15. The predicted molar refractivity (Wildman–Crippen MR) is 69.0 cm³/mol. The van der Waals surface area contributed by atoms with Gasteiger partial charge in [0.15, 0.2) is 0 Å². The molecule has 94 valence electrons. The van der Waals surface area contributed by atoms with Gasteiger partial charge in [-0.05, 0) is 37.4 Å². The van der Waals surface area contributed by atoms with E-state index >= 15 is 0 Å². The van der Waals surface area contributed by atoms with Crippen LogP contribution in [0.2, 0.25) is 0 Å². The maximum Gasteiger partial charge on any atom is 0.245 e. The van der Waals surface area contributed by atoms with E-state index in [0.29, 0.717) is 0 Å². The third kappa shape index (κ3) is 2.52. The van der Waals surface area contributed by atoms with Crippen LogP contribution in [0.5, 0.6) is 0 Å². The number of rotatable bonds is 2. The maximum atomic E-state index is 12.4. The predicted octanol–water partition coefficient (Wildman–Crippen LogP) is 1.76. The van der Waals surface area contributed by atoms with Crippen molar-refractivity contribution in [2.45, 2.75) is 32.7 Å². The molecule has 4 nitrogen and oxygen atoms in total. The molecule has 17 heavy (non-hydrogen) atoms. The maximum absolute atomic E-state index is 12.4. The Labute approximate surface area is 102 Å². The van der Waals surface area contributed by atoms with Crippen LogP contribution in [0, 0.1) is 5.41 Å². The lowest BCUT2D eigenvalue weighted by molar-refractivity contribution is -0.120. The second kappa shape index (κ2) is 4.53. The molecule has 1 aliphatic heterocycles. The molecule has 0 saturated carbocycles. The van der Waals surface area contributed by atoms with Gasteiger partial charge in [-0.15, -0.1) is 0 Å². The molecule has 0 radical (unpaired) electrons. The highest BCUT2D eigenvalue weighted by Gasteiger charge is 2.34. The van der Waals surface area contributed by atoms with Gasteiger partial charge in [0.2, 0.25) is 5.91 Å². The molecule has 1 aromatic heterocycles. The molecule has 1 atom stereocenters. The second-order valence-electron chi connectivity index (χ2n) is 5.52. The van der Waals surface area contributed by atoms with Crippen LogP contribution < -0.4 is 10.2 Å². The second-order valence-corrected chi connectivity index (χ2v) is 5.52. The molecule has 2 N–H and O–H groups in total. The Bertz CT molecular complexity index is 383. The lowest BCUT2D eigenvalue weighted by Crippen LogP contribution is -2.45. The van der Waals surface area contributed by atoms with Crippen molar-refractivity contribution in [3.63, 3.8) is 0 Å². The molecule has 0 aliphatic carbocycles. The van der Waals surface area contributed by atoms with E-state index in [2.05, 4.69) is 24.1 Å². The van der Waals surface area contributed by atoms with Gasteiger partial charge < -0.3 is 10.3 Å². The summed E-state index contributed by atoms with van der Waals surface area (Å²) in [4.78, 5) is 17.4. The monoisotopic (exact) mass is 235 g/mol. The number of aromatic nitrogens is 1. The standard InChI is InChI=1S/C13H21N3O/c1-13(2)7-6-10(14-3)12(17)16(9-13)11-5-4-8-15-11/h4-5,8,10,14-15H,6-7,9H2,1-3H3. The summed E-state index contributed by atoms with van der Waals surface area (Å²) in [5.74, 6) is 1.06. The zero-order chi connectivity index (χ0) is 12.5. The summed E-state index contributed by atoms with van der Waals surface area (Å²) in [5.41, 5.74) is 0.159. The minimum absolute atomic E-state index is 0.0694. The SMILES string of the molecule is CNC1CCC(C)(C)CN(c2ccc[nH]2)C1=O. The molecule has 1 aromatic rings. The number of H-pyrrole nitrogens is 1. The first-order valence-corrected chi connectivity index (χ1v) is 6.15. The van der Waals surface area contributed by atoms with Crippen molar-refractivity contribution in [1.82, 2.24) is 10.3 Å². The van der Waals surface area contributed by atoms with Gasteiger partial charge in [0.1, 0.15) is 5.82 Å². The Morgan fingerprint density at radius 1 is 1.53 bits per heavy atom. The average molecular weight is 235 g/mol. The highest BCUT2D eigenvalue weighted by molar-refractivity contribution is 5.96. The molecule has 1 fully saturated rings. The van der Waals surface area contributed by atoms with E-state index in [-0.39, 0.29) is 17.4 Å². The van der Waals surface area contributed by atoms with Crippen LogP contribution >= 0.6 is 0 Å². The van der Waals surface area contributed by atoms with Crippen LogP contribution in [-0.2, 0) is 4.79 Å². The number of nitrogens with one attached hydrogen (secondary N) is 2. The molecule has 2 heterocycles. The summed E-state index contributed by atoms with van der Waals surface area (Å²) in [5, 5.41) is 3.12. The highest BCUT2D eigenvalue weighted by atomic mass is 16.2. The Morgan fingerprint density at radius 3 is 2.88 bits per heavy atom. The number of aromatic amines is 1. The number of likely N-dealkylation sites (N-methyl/N-ethyl adjacent to an activating group) is 1. The number of carbonyl (C=O) groups is 1. The van der Waals surface area contributed by atoms with E-state index in [1.165, 1.54) is 0 Å². The summed E-state index contributed by atoms with van der Waals surface area (Å²) in [7, 11) is 1.85. The largest absolute Gasteiger partial charge is 0.348 e. The number of nitrogens with zero attached hydrogens (tertiary/aromatic N) is 1. The number of hydrogen-bond acceptors (Lipinski definition) is 2. The molecule has 1 aliphatic rings. The normalized spacial score (nSPS) is 24.8. The van der Waals surface area contributed by atoms with Gasteiger partial charge in [-0.2, -0.15) is 0 Å². The fraction of sp³-hybridized carbons (Fsp3) is 0.615. The van der Waals surface area contributed by atoms with E-state index in [4.69, 9.17) is 0 Å². The topological polar surface area (TPSA) is 48.1 Å². The van der Waals surface area contributed by atoms with Crippen molar-refractivity contribution in [3.05, 3.63) is 18.3 Å². The third-order valence-electron chi connectivity index (χ3n) is 3.48. The highest BCUT2D eigenvalue weighted by Crippen LogP contribution is 2.30. The molecule has 1 saturated heterocycles. The lowest BCUT2D eigenvalue weighted by atomic mass is 9.87. The molecule has 0 spiro atoms. The third-order valence-corrected chi connectivity index (χ3v) is 3.48. The van der Waals surface area contributed by atoms with Crippen LogP contribution in [0.1, 0.15) is 26.7 Å².